The summed E-state index contributed by atoms with van der Waals surface area (Å²) in [5.74, 6) is -0.310. The maximum Gasteiger partial charge on any atom is 0.251 e. The highest BCUT2D eigenvalue weighted by Gasteiger charge is 2.06. The third-order valence-electron chi connectivity index (χ3n) is 3.78. The van der Waals surface area contributed by atoms with Gasteiger partial charge in [-0.25, -0.2) is 0 Å². The Hall–Kier alpha value is -3.15. The van der Waals surface area contributed by atoms with Crippen molar-refractivity contribution in [1.29, 1.82) is 0 Å². The first-order valence-corrected chi connectivity index (χ1v) is 8.51. The lowest BCUT2D eigenvalue weighted by molar-refractivity contribution is -0.120. The topological polar surface area (TPSA) is 87.3 Å². The van der Waals surface area contributed by atoms with Crippen molar-refractivity contribution in [1.82, 2.24) is 10.6 Å². The second-order valence-electron chi connectivity index (χ2n) is 5.82. The molecular formula is C20H23N3O3. The Labute approximate surface area is 153 Å². The monoisotopic (exact) mass is 353 g/mol. The van der Waals surface area contributed by atoms with Crippen LogP contribution in [0.1, 0.15) is 28.8 Å². The van der Waals surface area contributed by atoms with E-state index in [2.05, 4.69) is 16.0 Å². The molecule has 26 heavy (non-hydrogen) atoms. The lowest BCUT2D eigenvalue weighted by atomic mass is 10.1. The molecule has 0 bridgehead atoms. The van der Waals surface area contributed by atoms with Gasteiger partial charge in [-0.2, -0.15) is 0 Å². The third kappa shape index (κ3) is 6.39. The Morgan fingerprint density at radius 3 is 2.23 bits per heavy atom. The normalized spacial score (nSPS) is 10.0. The van der Waals surface area contributed by atoms with Crippen LogP contribution in [-0.2, 0) is 16.0 Å². The van der Waals surface area contributed by atoms with Crippen LogP contribution in [0.3, 0.4) is 0 Å². The minimum Gasteiger partial charge on any atom is -0.359 e. The fourth-order valence-corrected chi connectivity index (χ4v) is 2.35. The maximum absolute atomic E-state index is 11.9. The highest BCUT2D eigenvalue weighted by Crippen LogP contribution is 2.11. The summed E-state index contributed by atoms with van der Waals surface area (Å²) < 4.78 is 0. The molecule has 2 rings (SSSR count). The second-order valence-corrected chi connectivity index (χ2v) is 5.82. The van der Waals surface area contributed by atoms with Gasteiger partial charge in [-0.05, 0) is 36.2 Å². The van der Waals surface area contributed by atoms with Crippen molar-refractivity contribution in [3.8, 4) is 0 Å². The zero-order chi connectivity index (χ0) is 18.8. The quantitative estimate of drug-likeness (QED) is 0.635. The van der Waals surface area contributed by atoms with Gasteiger partial charge in [0.1, 0.15) is 0 Å². The number of nitrogens with one attached hydrogen (secondary N) is 3. The number of likely N-dealkylation sites (N-methyl/N-ethyl adjacent to an activating group) is 1. The van der Waals surface area contributed by atoms with Gasteiger partial charge in [-0.3, -0.25) is 14.4 Å². The SMILES string of the molecule is CNC(=O)Cc1ccc(NC(=O)CCCNC(=O)c2ccccc2)cc1. The number of rotatable bonds is 8. The molecule has 0 atom stereocenters. The molecule has 136 valence electrons. The van der Waals surface area contributed by atoms with Crippen LogP contribution in [0.25, 0.3) is 0 Å². The molecule has 0 saturated carbocycles. The van der Waals surface area contributed by atoms with E-state index >= 15 is 0 Å². The third-order valence-corrected chi connectivity index (χ3v) is 3.78. The van der Waals surface area contributed by atoms with E-state index in [1.54, 1.807) is 31.3 Å². The molecule has 0 unspecified atom stereocenters. The van der Waals surface area contributed by atoms with Crippen LogP contribution in [0.5, 0.6) is 0 Å². The number of anilines is 1. The van der Waals surface area contributed by atoms with Crippen LogP contribution in [0.4, 0.5) is 5.69 Å². The first-order valence-electron chi connectivity index (χ1n) is 8.51. The van der Waals surface area contributed by atoms with Crippen LogP contribution in [0.15, 0.2) is 54.6 Å². The molecular weight excluding hydrogens is 330 g/mol. The molecule has 0 aliphatic carbocycles. The molecule has 3 N–H and O–H groups in total. The molecule has 0 spiro atoms. The summed E-state index contributed by atoms with van der Waals surface area (Å²) in [7, 11) is 1.60. The van der Waals surface area contributed by atoms with E-state index in [0.717, 1.165) is 5.56 Å². The number of benzene rings is 2. The Balaban J connectivity index is 1.68. The minimum absolute atomic E-state index is 0.0562. The van der Waals surface area contributed by atoms with E-state index in [1.807, 2.05) is 30.3 Å². The molecule has 2 aromatic rings. The fraction of sp³-hybridized carbons (Fsp3) is 0.250. The van der Waals surface area contributed by atoms with Crippen molar-refractivity contribution in [2.75, 3.05) is 18.9 Å². The Morgan fingerprint density at radius 2 is 1.58 bits per heavy atom. The molecule has 0 aromatic heterocycles. The van der Waals surface area contributed by atoms with Gasteiger partial charge in [-0.1, -0.05) is 30.3 Å². The second kappa shape index (κ2) is 9.98. The number of carbonyl (C=O) groups excluding carboxylic acids is 3. The summed E-state index contributed by atoms with van der Waals surface area (Å²) in [6, 6.07) is 16.1. The summed E-state index contributed by atoms with van der Waals surface area (Å²) in [5, 5.41) is 8.17. The highest BCUT2D eigenvalue weighted by molar-refractivity contribution is 5.94. The summed E-state index contributed by atoms with van der Waals surface area (Å²) in [6.07, 6.45) is 1.18. The summed E-state index contributed by atoms with van der Waals surface area (Å²) in [6.45, 7) is 0.437. The molecule has 0 aliphatic heterocycles. The van der Waals surface area contributed by atoms with Crippen molar-refractivity contribution >= 4 is 23.4 Å². The summed E-state index contributed by atoms with van der Waals surface area (Å²) in [4.78, 5) is 35.1. The largest absolute Gasteiger partial charge is 0.359 e. The fourth-order valence-electron chi connectivity index (χ4n) is 2.35. The molecule has 0 radical (unpaired) electrons. The van der Waals surface area contributed by atoms with E-state index < -0.39 is 0 Å². The van der Waals surface area contributed by atoms with E-state index in [4.69, 9.17) is 0 Å². The first-order chi connectivity index (χ1) is 12.6. The Bertz CT molecular complexity index is 743. The highest BCUT2D eigenvalue weighted by atomic mass is 16.2. The Kier molecular flexibility index (Phi) is 7.36. The Morgan fingerprint density at radius 1 is 0.885 bits per heavy atom. The van der Waals surface area contributed by atoms with E-state index in [-0.39, 0.29) is 17.7 Å². The van der Waals surface area contributed by atoms with Crippen molar-refractivity contribution in [2.24, 2.45) is 0 Å². The van der Waals surface area contributed by atoms with Gasteiger partial charge in [0.25, 0.3) is 5.91 Å². The predicted molar refractivity (Wildman–Crippen MR) is 101 cm³/mol. The number of hydrogen-bond donors (Lipinski definition) is 3. The van der Waals surface area contributed by atoms with Crippen molar-refractivity contribution in [3.05, 3.63) is 65.7 Å². The smallest absolute Gasteiger partial charge is 0.251 e. The van der Waals surface area contributed by atoms with Gasteiger partial charge in [0.05, 0.1) is 6.42 Å². The van der Waals surface area contributed by atoms with Gasteiger partial charge in [0.2, 0.25) is 11.8 Å². The molecule has 6 heteroatoms. The van der Waals surface area contributed by atoms with Crippen LogP contribution in [-0.4, -0.2) is 31.3 Å². The number of carbonyl (C=O) groups is 3. The van der Waals surface area contributed by atoms with Gasteiger partial charge in [-0.15, -0.1) is 0 Å². The van der Waals surface area contributed by atoms with Crippen LogP contribution in [0, 0.1) is 0 Å². The van der Waals surface area contributed by atoms with Crippen LogP contribution < -0.4 is 16.0 Å². The zero-order valence-corrected chi connectivity index (χ0v) is 14.7. The maximum atomic E-state index is 11.9. The molecule has 0 saturated heterocycles. The number of amides is 3. The molecule has 3 amide bonds. The van der Waals surface area contributed by atoms with Crippen molar-refractivity contribution in [2.45, 2.75) is 19.3 Å². The average molecular weight is 353 g/mol. The van der Waals surface area contributed by atoms with E-state index in [0.29, 0.717) is 37.1 Å². The van der Waals surface area contributed by atoms with Gasteiger partial charge in [0.15, 0.2) is 0 Å². The van der Waals surface area contributed by atoms with Gasteiger partial charge < -0.3 is 16.0 Å². The van der Waals surface area contributed by atoms with Crippen LogP contribution in [0.2, 0.25) is 0 Å². The minimum atomic E-state index is -0.141. The predicted octanol–water partition coefficient (Wildman–Crippen LogP) is 2.12. The molecule has 0 fully saturated rings. The van der Waals surface area contributed by atoms with E-state index in [1.165, 1.54) is 0 Å². The standard InChI is InChI=1S/C20H23N3O3/c1-21-19(25)14-15-9-11-17(12-10-15)23-18(24)8-5-13-22-20(26)16-6-3-2-4-7-16/h2-4,6-7,9-12H,5,8,13-14H2,1H3,(H,21,25)(H,22,26)(H,23,24). The lowest BCUT2D eigenvalue weighted by Crippen LogP contribution is -2.25. The zero-order valence-electron chi connectivity index (χ0n) is 14.7. The summed E-state index contributed by atoms with van der Waals surface area (Å²) in [5.41, 5.74) is 2.17. The van der Waals surface area contributed by atoms with Crippen molar-refractivity contribution in [3.63, 3.8) is 0 Å². The van der Waals surface area contributed by atoms with Gasteiger partial charge in [0, 0.05) is 31.3 Å². The first kappa shape index (κ1) is 19.2. The van der Waals surface area contributed by atoms with Crippen LogP contribution >= 0.6 is 0 Å². The number of hydrogen-bond acceptors (Lipinski definition) is 3. The molecule has 2 aromatic carbocycles. The molecule has 0 aliphatic rings. The molecule has 6 nitrogen and oxygen atoms in total. The average Bonchev–Trinajstić information content (AvgIpc) is 2.67. The molecule has 0 heterocycles. The van der Waals surface area contributed by atoms with E-state index in [9.17, 15) is 14.4 Å². The lowest BCUT2D eigenvalue weighted by Gasteiger charge is -2.07. The van der Waals surface area contributed by atoms with Crippen molar-refractivity contribution < 1.29 is 14.4 Å². The summed E-state index contributed by atoms with van der Waals surface area (Å²) >= 11 is 0. The van der Waals surface area contributed by atoms with Gasteiger partial charge >= 0.3 is 0 Å².